The molecule has 0 fully saturated rings. The molecule has 0 spiro atoms. The number of halogens is 1. The van der Waals surface area contributed by atoms with E-state index in [9.17, 15) is 4.79 Å². The first-order chi connectivity index (χ1) is 8.08. The molecule has 0 saturated carbocycles. The third-order valence-corrected chi connectivity index (χ3v) is 3.27. The number of carbonyl (C=O) groups is 1. The van der Waals surface area contributed by atoms with Crippen LogP contribution in [0.5, 0.6) is 0 Å². The van der Waals surface area contributed by atoms with Gasteiger partial charge in [-0.2, -0.15) is 0 Å². The molecule has 0 bridgehead atoms. The van der Waals surface area contributed by atoms with E-state index in [1.165, 1.54) is 0 Å². The van der Waals surface area contributed by atoms with Crippen molar-refractivity contribution in [3.63, 3.8) is 0 Å². The molecule has 1 aromatic carbocycles. The normalized spacial score (nSPS) is 14.1. The minimum absolute atomic E-state index is 0.0511. The van der Waals surface area contributed by atoms with Crippen molar-refractivity contribution in [1.82, 2.24) is 5.32 Å². The zero-order valence-corrected chi connectivity index (χ0v) is 11.4. The molecule has 0 radical (unpaired) electrons. The van der Waals surface area contributed by atoms with Gasteiger partial charge >= 0.3 is 0 Å². The SMILES string of the molecule is CCC(C)C(=O)NC(CC)c1cccc(Cl)c1. The molecule has 0 aliphatic carbocycles. The van der Waals surface area contributed by atoms with Gasteiger partial charge in [-0.05, 0) is 30.5 Å². The molecule has 3 heteroatoms. The van der Waals surface area contributed by atoms with E-state index in [1.807, 2.05) is 38.1 Å². The Morgan fingerprint density at radius 3 is 2.59 bits per heavy atom. The monoisotopic (exact) mass is 253 g/mol. The largest absolute Gasteiger partial charge is 0.349 e. The summed E-state index contributed by atoms with van der Waals surface area (Å²) in [5.41, 5.74) is 1.07. The fourth-order valence-corrected chi connectivity index (χ4v) is 1.84. The van der Waals surface area contributed by atoms with Gasteiger partial charge in [0.25, 0.3) is 0 Å². The maximum absolute atomic E-state index is 11.9. The Labute approximate surface area is 108 Å². The van der Waals surface area contributed by atoms with Crippen molar-refractivity contribution in [2.24, 2.45) is 5.92 Å². The number of rotatable bonds is 5. The molecule has 0 saturated heterocycles. The van der Waals surface area contributed by atoms with Gasteiger partial charge in [-0.3, -0.25) is 4.79 Å². The molecule has 1 amide bonds. The standard InChI is InChI=1S/C14H20ClNO/c1-4-10(3)14(17)16-13(5-2)11-7-6-8-12(15)9-11/h6-10,13H,4-5H2,1-3H3,(H,16,17). The molecule has 0 aliphatic rings. The highest BCUT2D eigenvalue weighted by Crippen LogP contribution is 2.20. The van der Waals surface area contributed by atoms with Crippen LogP contribution in [0.1, 0.15) is 45.2 Å². The van der Waals surface area contributed by atoms with E-state index in [0.717, 1.165) is 18.4 Å². The van der Waals surface area contributed by atoms with E-state index in [4.69, 9.17) is 11.6 Å². The highest BCUT2D eigenvalue weighted by atomic mass is 35.5. The molecule has 1 N–H and O–H groups in total. The van der Waals surface area contributed by atoms with Crippen LogP contribution in [-0.4, -0.2) is 5.91 Å². The van der Waals surface area contributed by atoms with E-state index < -0.39 is 0 Å². The molecule has 0 aromatic heterocycles. The van der Waals surface area contributed by atoms with Crippen LogP contribution in [0, 0.1) is 5.92 Å². The summed E-state index contributed by atoms with van der Waals surface area (Å²) < 4.78 is 0. The molecular formula is C14H20ClNO. The van der Waals surface area contributed by atoms with Crippen molar-refractivity contribution in [3.8, 4) is 0 Å². The lowest BCUT2D eigenvalue weighted by molar-refractivity contribution is -0.125. The summed E-state index contributed by atoms with van der Waals surface area (Å²) in [5.74, 6) is 0.169. The summed E-state index contributed by atoms with van der Waals surface area (Å²) in [7, 11) is 0. The maximum Gasteiger partial charge on any atom is 0.223 e. The Kier molecular flexibility index (Phi) is 5.49. The lowest BCUT2D eigenvalue weighted by Gasteiger charge is -2.20. The third-order valence-electron chi connectivity index (χ3n) is 3.04. The average molecular weight is 254 g/mol. The van der Waals surface area contributed by atoms with Crippen LogP contribution in [0.4, 0.5) is 0 Å². The highest BCUT2D eigenvalue weighted by molar-refractivity contribution is 6.30. The first kappa shape index (κ1) is 14.0. The summed E-state index contributed by atoms with van der Waals surface area (Å²) in [6, 6.07) is 7.71. The van der Waals surface area contributed by atoms with E-state index >= 15 is 0 Å². The summed E-state index contributed by atoms with van der Waals surface area (Å²) in [5, 5.41) is 3.77. The Morgan fingerprint density at radius 2 is 2.06 bits per heavy atom. The van der Waals surface area contributed by atoms with Gasteiger partial charge in [-0.1, -0.05) is 44.5 Å². The predicted molar refractivity (Wildman–Crippen MR) is 72.1 cm³/mol. The van der Waals surface area contributed by atoms with Gasteiger partial charge in [0.1, 0.15) is 0 Å². The second kappa shape index (κ2) is 6.65. The van der Waals surface area contributed by atoms with Crippen LogP contribution >= 0.6 is 11.6 Å². The van der Waals surface area contributed by atoms with E-state index in [-0.39, 0.29) is 17.9 Å². The van der Waals surface area contributed by atoms with Crippen LogP contribution < -0.4 is 5.32 Å². The Balaban J connectivity index is 2.75. The fraction of sp³-hybridized carbons (Fsp3) is 0.500. The lowest BCUT2D eigenvalue weighted by atomic mass is 10.0. The summed E-state index contributed by atoms with van der Waals surface area (Å²) >= 11 is 5.96. The number of amides is 1. The molecule has 2 nitrogen and oxygen atoms in total. The van der Waals surface area contributed by atoms with Gasteiger partial charge in [0.2, 0.25) is 5.91 Å². The zero-order chi connectivity index (χ0) is 12.8. The van der Waals surface area contributed by atoms with Crippen molar-refractivity contribution >= 4 is 17.5 Å². The summed E-state index contributed by atoms with van der Waals surface area (Å²) in [6.45, 7) is 6.02. The van der Waals surface area contributed by atoms with Crippen LogP contribution in [0.2, 0.25) is 5.02 Å². The summed E-state index contributed by atoms with van der Waals surface area (Å²) in [6.07, 6.45) is 1.72. The zero-order valence-electron chi connectivity index (χ0n) is 10.7. The van der Waals surface area contributed by atoms with Crippen LogP contribution in [0.25, 0.3) is 0 Å². The predicted octanol–water partition coefficient (Wildman–Crippen LogP) is 3.95. The molecule has 1 aromatic rings. The van der Waals surface area contributed by atoms with Gasteiger partial charge < -0.3 is 5.32 Å². The molecule has 1 rings (SSSR count). The van der Waals surface area contributed by atoms with E-state index in [1.54, 1.807) is 0 Å². The first-order valence-electron chi connectivity index (χ1n) is 6.14. The minimum Gasteiger partial charge on any atom is -0.349 e. The minimum atomic E-state index is 0.0511. The second-order valence-corrected chi connectivity index (χ2v) is 4.77. The van der Waals surface area contributed by atoms with Crippen LogP contribution in [0.15, 0.2) is 24.3 Å². The number of benzene rings is 1. The Hall–Kier alpha value is -1.02. The van der Waals surface area contributed by atoms with E-state index in [2.05, 4.69) is 12.2 Å². The first-order valence-corrected chi connectivity index (χ1v) is 6.52. The van der Waals surface area contributed by atoms with Gasteiger partial charge in [0.15, 0.2) is 0 Å². The van der Waals surface area contributed by atoms with Crippen molar-refractivity contribution in [3.05, 3.63) is 34.9 Å². The van der Waals surface area contributed by atoms with Crippen LogP contribution in [-0.2, 0) is 4.79 Å². The molecule has 0 aliphatic heterocycles. The number of hydrogen-bond acceptors (Lipinski definition) is 1. The van der Waals surface area contributed by atoms with Gasteiger partial charge in [-0.25, -0.2) is 0 Å². The van der Waals surface area contributed by atoms with E-state index in [0.29, 0.717) is 5.02 Å². The number of hydrogen-bond donors (Lipinski definition) is 1. The second-order valence-electron chi connectivity index (χ2n) is 4.33. The fourth-order valence-electron chi connectivity index (χ4n) is 1.64. The number of carbonyl (C=O) groups excluding carboxylic acids is 1. The van der Waals surface area contributed by atoms with Gasteiger partial charge in [0.05, 0.1) is 6.04 Å². The van der Waals surface area contributed by atoms with Gasteiger partial charge in [-0.15, -0.1) is 0 Å². The van der Waals surface area contributed by atoms with Crippen LogP contribution in [0.3, 0.4) is 0 Å². The third kappa shape index (κ3) is 4.04. The Bertz CT molecular complexity index is 378. The molecule has 2 unspecified atom stereocenters. The van der Waals surface area contributed by atoms with Crippen molar-refractivity contribution in [2.75, 3.05) is 0 Å². The smallest absolute Gasteiger partial charge is 0.223 e. The topological polar surface area (TPSA) is 29.1 Å². The highest BCUT2D eigenvalue weighted by Gasteiger charge is 2.16. The van der Waals surface area contributed by atoms with Crippen molar-refractivity contribution in [2.45, 2.75) is 39.7 Å². The average Bonchev–Trinajstić information content (AvgIpc) is 2.34. The van der Waals surface area contributed by atoms with Crippen molar-refractivity contribution in [1.29, 1.82) is 0 Å². The molecule has 2 atom stereocenters. The maximum atomic E-state index is 11.9. The number of nitrogens with one attached hydrogen (secondary N) is 1. The molecular weight excluding hydrogens is 234 g/mol. The molecule has 94 valence electrons. The Morgan fingerprint density at radius 1 is 1.35 bits per heavy atom. The molecule has 0 heterocycles. The summed E-state index contributed by atoms with van der Waals surface area (Å²) in [4.78, 5) is 11.9. The quantitative estimate of drug-likeness (QED) is 0.846. The van der Waals surface area contributed by atoms with Crippen molar-refractivity contribution < 1.29 is 4.79 Å². The molecule has 17 heavy (non-hydrogen) atoms. The lowest BCUT2D eigenvalue weighted by Crippen LogP contribution is -2.32. The van der Waals surface area contributed by atoms with Gasteiger partial charge in [0, 0.05) is 10.9 Å².